The van der Waals surface area contributed by atoms with Crippen LogP contribution in [0.25, 0.3) is 117 Å². The van der Waals surface area contributed by atoms with Gasteiger partial charge in [-0.25, -0.2) is 24.9 Å². The van der Waals surface area contributed by atoms with Gasteiger partial charge in [-0.3, -0.25) is 0 Å². The van der Waals surface area contributed by atoms with E-state index in [9.17, 15) is 0 Å². The van der Waals surface area contributed by atoms with Gasteiger partial charge in [0.15, 0.2) is 28.9 Å². The summed E-state index contributed by atoms with van der Waals surface area (Å²) in [4.78, 5) is 26.1. The molecule has 12 rings (SSSR count). The third-order valence-electron chi connectivity index (χ3n) is 11.5. The summed E-state index contributed by atoms with van der Waals surface area (Å²) < 4.78 is 8.92. The minimum atomic E-state index is 0.541. The third-order valence-corrected chi connectivity index (χ3v) is 11.5. The van der Waals surface area contributed by atoms with Crippen molar-refractivity contribution in [3.8, 4) is 73.6 Å². The zero-order valence-corrected chi connectivity index (χ0v) is 33.2. The number of aromatic nitrogens is 6. The lowest BCUT2D eigenvalue weighted by Crippen LogP contribution is -2.03. The predicted molar refractivity (Wildman–Crippen MR) is 250 cm³/mol. The molecule has 7 nitrogen and oxygen atoms in total. The molecule has 0 N–H and O–H groups in total. The van der Waals surface area contributed by atoms with Gasteiger partial charge in [-0.1, -0.05) is 164 Å². The van der Waals surface area contributed by atoms with Crippen LogP contribution < -0.4 is 0 Å². The van der Waals surface area contributed by atoms with E-state index in [0.717, 1.165) is 82.9 Å². The fraction of sp³-hybridized carbons (Fsp3) is 0. The van der Waals surface area contributed by atoms with Crippen LogP contribution in [0.3, 0.4) is 0 Å². The summed E-state index contributed by atoms with van der Waals surface area (Å²) in [5.41, 5.74) is 12.5. The van der Waals surface area contributed by atoms with Gasteiger partial charge in [-0.15, -0.1) is 0 Å². The highest BCUT2D eigenvalue weighted by Crippen LogP contribution is 2.41. The number of para-hydroxylation sites is 3. The lowest BCUT2D eigenvalue weighted by Gasteiger charge is -2.16. The fourth-order valence-electron chi connectivity index (χ4n) is 8.53. The molecule has 0 aliphatic rings. The predicted octanol–water partition coefficient (Wildman–Crippen LogP) is 13.7. The first-order valence-corrected chi connectivity index (χ1v) is 20.6. The van der Waals surface area contributed by atoms with Gasteiger partial charge in [0.05, 0.1) is 16.7 Å². The lowest BCUT2D eigenvalue weighted by atomic mass is 10.0. The van der Waals surface area contributed by atoms with Crippen molar-refractivity contribution in [2.24, 2.45) is 0 Å². The fourth-order valence-corrected chi connectivity index (χ4v) is 8.53. The highest BCUT2D eigenvalue weighted by molar-refractivity contribution is 6.10. The zero-order valence-electron chi connectivity index (χ0n) is 33.2. The third kappa shape index (κ3) is 6.02. The zero-order chi connectivity index (χ0) is 41.0. The van der Waals surface area contributed by atoms with Crippen LogP contribution >= 0.6 is 0 Å². The topological polar surface area (TPSA) is 82.5 Å². The SMILES string of the molecule is c1ccc(-c2ccc(-c3nc(-c4cc(-c5nc(-c6ccccc6)nc(-c6ccccc6)n5)ccc4-n4c5ccccc5c5ccccc54)nc4c3oc3ccccc34)cc2)cc1. The van der Waals surface area contributed by atoms with Crippen LogP contribution in [0.5, 0.6) is 0 Å². The van der Waals surface area contributed by atoms with Gasteiger partial charge in [0, 0.05) is 44.0 Å². The quantitative estimate of drug-likeness (QED) is 0.160. The maximum absolute atomic E-state index is 6.61. The first-order valence-electron chi connectivity index (χ1n) is 20.6. The van der Waals surface area contributed by atoms with Gasteiger partial charge in [0.25, 0.3) is 0 Å². The summed E-state index contributed by atoms with van der Waals surface area (Å²) in [6.45, 7) is 0. The molecule has 4 aromatic heterocycles. The number of hydrogen-bond acceptors (Lipinski definition) is 6. The minimum absolute atomic E-state index is 0.541. The van der Waals surface area contributed by atoms with E-state index in [4.69, 9.17) is 29.3 Å². The summed E-state index contributed by atoms with van der Waals surface area (Å²) in [5, 5.41) is 3.24. The molecule has 0 fully saturated rings. The van der Waals surface area contributed by atoms with Crippen LogP contribution in [0, 0.1) is 0 Å². The molecule has 0 saturated heterocycles. The van der Waals surface area contributed by atoms with Crippen LogP contribution in [-0.4, -0.2) is 29.5 Å². The number of furan rings is 1. The van der Waals surface area contributed by atoms with Crippen molar-refractivity contribution < 1.29 is 4.42 Å². The van der Waals surface area contributed by atoms with Crippen LogP contribution in [0.15, 0.2) is 211 Å². The normalized spacial score (nSPS) is 11.5. The van der Waals surface area contributed by atoms with E-state index in [2.05, 4.69) is 126 Å². The molecule has 4 heterocycles. The van der Waals surface area contributed by atoms with E-state index in [1.807, 2.05) is 84.9 Å². The van der Waals surface area contributed by atoms with E-state index < -0.39 is 0 Å². The minimum Gasteiger partial charge on any atom is -0.452 e. The van der Waals surface area contributed by atoms with Gasteiger partial charge in [-0.05, 0) is 53.6 Å². The smallest absolute Gasteiger partial charge is 0.180 e. The first-order chi connectivity index (χ1) is 30.7. The van der Waals surface area contributed by atoms with Gasteiger partial charge < -0.3 is 8.98 Å². The first kappa shape index (κ1) is 35.4. The van der Waals surface area contributed by atoms with Crippen molar-refractivity contribution in [1.29, 1.82) is 0 Å². The second kappa shape index (κ2) is 14.6. The highest BCUT2D eigenvalue weighted by Gasteiger charge is 2.23. The van der Waals surface area contributed by atoms with Crippen LogP contribution in [0.4, 0.5) is 0 Å². The second-order valence-corrected chi connectivity index (χ2v) is 15.3. The maximum Gasteiger partial charge on any atom is 0.180 e. The Labute approximate surface area is 356 Å². The van der Waals surface area contributed by atoms with Crippen molar-refractivity contribution in [2.45, 2.75) is 0 Å². The van der Waals surface area contributed by atoms with Gasteiger partial charge in [0.1, 0.15) is 16.8 Å². The Kier molecular flexibility index (Phi) is 8.35. The van der Waals surface area contributed by atoms with Crippen LogP contribution in [-0.2, 0) is 0 Å². The summed E-state index contributed by atoms with van der Waals surface area (Å²) in [6.07, 6.45) is 0. The summed E-state index contributed by atoms with van der Waals surface area (Å²) in [6, 6.07) is 70.5. The molecule has 0 aliphatic carbocycles. The molecular weight excluding hydrogens is 761 g/mol. The van der Waals surface area contributed by atoms with Crippen LogP contribution in [0.2, 0.25) is 0 Å². The standard InChI is InChI=1S/C55H34N6O/c1-4-16-35(17-5-1)36-28-30-37(31-29-36)49-51-50(43-24-12-15-27-48(43)62-51)57-55(56-49)44-34-40(32-33-47(44)61-45-25-13-10-22-41(45)42-23-11-14-26-46(42)61)54-59-52(38-18-6-2-7-19-38)58-53(60-54)39-20-8-3-9-21-39/h1-34H. The largest absolute Gasteiger partial charge is 0.452 e. The molecule has 0 saturated carbocycles. The molecule has 0 atom stereocenters. The number of nitrogens with zero attached hydrogens (tertiary/aromatic N) is 6. The molecular formula is C55H34N6O. The maximum atomic E-state index is 6.61. The van der Waals surface area contributed by atoms with E-state index in [0.29, 0.717) is 34.6 Å². The molecule has 0 amide bonds. The summed E-state index contributed by atoms with van der Waals surface area (Å²) in [5.74, 6) is 2.27. The van der Waals surface area contributed by atoms with Crippen molar-refractivity contribution in [3.05, 3.63) is 206 Å². The summed E-state index contributed by atoms with van der Waals surface area (Å²) >= 11 is 0. The second-order valence-electron chi connectivity index (χ2n) is 15.3. The lowest BCUT2D eigenvalue weighted by molar-refractivity contribution is 0.667. The molecule has 0 aliphatic heterocycles. The van der Waals surface area contributed by atoms with Gasteiger partial charge in [0.2, 0.25) is 0 Å². The van der Waals surface area contributed by atoms with Gasteiger partial charge >= 0.3 is 0 Å². The van der Waals surface area contributed by atoms with E-state index in [1.54, 1.807) is 0 Å². The van der Waals surface area contributed by atoms with E-state index in [-0.39, 0.29) is 0 Å². The van der Waals surface area contributed by atoms with Crippen molar-refractivity contribution in [3.63, 3.8) is 0 Å². The van der Waals surface area contributed by atoms with Crippen LogP contribution in [0.1, 0.15) is 0 Å². The molecule has 8 aromatic carbocycles. The van der Waals surface area contributed by atoms with Crippen molar-refractivity contribution in [1.82, 2.24) is 29.5 Å². The summed E-state index contributed by atoms with van der Waals surface area (Å²) in [7, 11) is 0. The Bertz CT molecular complexity index is 3510. The Balaban J connectivity index is 1.14. The Morgan fingerprint density at radius 3 is 1.42 bits per heavy atom. The molecule has 0 radical (unpaired) electrons. The van der Waals surface area contributed by atoms with E-state index >= 15 is 0 Å². The molecule has 62 heavy (non-hydrogen) atoms. The number of fused-ring (bicyclic) bond motifs is 6. The average Bonchev–Trinajstić information content (AvgIpc) is 3.90. The molecule has 7 heteroatoms. The Morgan fingerprint density at radius 1 is 0.339 bits per heavy atom. The average molecular weight is 795 g/mol. The van der Waals surface area contributed by atoms with Crippen molar-refractivity contribution in [2.75, 3.05) is 0 Å². The van der Waals surface area contributed by atoms with Crippen molar-refractivity contribution >= 4 is 43.9 Å². The molecule has 0 unspecified atom stereocenters. The Hall–Kier alpha value is -8.55. The highest BCUT2D eigenvalue weighted by atomic mass is 16.3. The molecule has 290 valence electrons. The Morgan fingerprint density at radius 2 is 0.806 bits per heavy atom. The van der Waals surface area contributed by atoms with Gasteiger partial charge in [-0.2, -0.15) is 0 Å². The number of rotatable bonds is 7. The monoisotopic (exact) mass is 794 g/mol. The van der Waals surface area contributed by atoms with E-state index in [1.165, 1.54) is 0 Å². The number of hydrogen-bond donors (Lipinski definition) is 0. The number of benzene rings is 8. The molecule has 12 aromatic rings. The molecule has 0 bridgehead atoms. The molecule has 0 spiro atoms.